The van der Waals surface area contributed by atoms with Crippen molar-refractivity contribution in [1.82, 2.24) is 4.90 Å². The second kappa shape index (κ2) is 17.6. The van der Waals surface area contributed by atoms with Gasteiger partial charge in [0.05, 0.1) is 32.3 Å². The first-order chi connectivity index (χ1) is 16.0. The van der Waals surface area contributed by atoms with Gasteiger partial charge in [-0.05, 0) is 50.6 Å². The first-order valence-corrected chi connectivity index (χ1v) is 11.1. The molecule has 0 spiro atoms. The predicted molar refractivity (Wildman–Crippen MR) is 124 cm³/mol. The van der Waals surface area contributed by atoms with Crippen LogP contribution in [0.4, 0.5) is 0 Å². The van der Waals surface area contributed by atoms with E-state index < -0.39 is 23.9 Å². The molecule has 192 valence electrons. The maximum atomic E-state index is 9.64. The summed E-state index contributed by atoms with van der Waals surface area (Å²) in [4.78, 5) is 41.0. The van der Waals surface area contributed by atoms with Gasteiger partial charge in [-0.25, -0.2) is 0 Å². The Balaban J connectivity index is 0.000000570. The quantitative estimate of drug-likeness (QED) is 0.297. The topological polar surface area (TPSA) is 188 Å². The third kappa shape index (κ3) is 15.8. The summed E-state index contributed by atoms with van der Waals surface area (Å²) < 4.78 is 5.65. The number of hydrogen-bond donors (Lipinski definition) is 5. The monoisotopic (exact) mass is 504 g/mol. The van der Waals surface area contributed by atoms with Crippen LogP contribution in [0.15, 0.2) is 18.2 Å². The second-order valence-corrected chi connectivity index (χ2v) is 7.82. The van der Waals surface area contributed by atoms with Crippen molar-refractivity contribution < 1.29 is 44.3 Å². The second-order valence-electron chi connectivity index (χ2n) is 7.39. The van der Waals surface area contributed by atoms with E-state index in [1.807, 2.05) is 25.1 Å². The molecule has 0 bridgehead atoms. The minimum atomic E-state index is -1.08. The number of carboxylic acids is 4. The zero-order valence-electron chi connectivity index (χ0n) is 19.1. The van der Waals surface area contributed by atoms with E-state index in [1.54, 1.807) is 0 Å². The van der Waals surface area contributed by atoms with Gasteiger partial charge in [-0.15, -0.1) is 0 Å². The van der Waals surface area contributed by atoms with Crippen LogP contribution in [0.1, 0.15) is 44.6 Å². The molecule has 0 amide bonds. The maximum Gasteiger partial charge on any atom is 0.303 e. The van der Waals surface area contributed by atoms with E-state index in [0.717, 1.165) is 37.0 Å². The van der Waals surface area contributed by atoms with Gasteiger partial charge in [0, 0.05) is 23.7 Å². The fraction of sp³-hybridized carbons (Fsp3) is 0.545. The summed E-state index contributed by atoms with van der Waals surface area (Å²) in [6.07, 6.45) is 0.0103. The van der Waals surface area contributed by atoms with Crippen LogP contribution in [0.2, 0.25) is 5.02 Å². The predicted octanol–water partition coefficient (Wildman–Crippen LogP) is 2.39. The van der Waals surface area contributed by atoms with Crippen LogP contribution in [-0.4, -0.2) is 75.4 Å². The molecule has 0 aliphatic carbocycles. The van der Waals surface area contributed by atoms with Gasteiger partial charge in [-0.2, -0.15) is 0 Å². The molecule has 34 heavy (non-hydrogen) atoms. The van der Waals surface area contributed by atoms with Crippen LogP contribution in [0.3, 0.4) is 0 Å². The molecule has 0 saturated carbocycles. The number of nitrogens with zero attached hydrogens (tertiary/aromatic N) is 1. The number of ether oxygens (including phenoxy) is 1. The number of carboxylic acid groups (broad SMARTS) is 4. The van der Waals surface area contributed by atoms with E-state index in [4.69, 9.17) is 42.5 Å². The first kappa shape index (κ1) is 31.1. The Labute approximate surface area is 203 Å². The lowest BCUT2D eigenvalue weighted by Crippen LogP contribution is -2.23. The summed E-state index contributed by atoms with van der Waals surface area (Å²) in [5, 5.41) is 32.4. The van der Waals surface area contributed by atoms with Crippen LogP contribution >= 0.6 is 11.6 Å². The lowest BCUT2D eigenvalue weighted by Gasteiger charge is -2.18. The van der Waals surface area contributed by atoms with Gasteiger partial charge in [0.15, 0.2) is 0 Å². The molecule has 12 heteroatoms. The van der Waals surface area contributed by atoms with E-state index in [0.29, 0.717) is 12.5 Å². The molecular weight excluding hydrogens is 472 g/mol. The molecule has 1 aliphatic rings. The number of benzene rings is 1. The third-order valence-corrected chi connectivity index (χ3v) is 4.76. The Morgan fingerprint density at radius 2 is 1.50 bits per heavy atom. The highest BCUT2D eigenvalue weighted by atomic mass is 35.5. The van der Waals surface area contributed by atoms with E-state index in [2.05, 4.69) is 4.90 Å². The van der Waals surface area contributed by atoms with E-state index in [-0.39, 0.29) is 25.7 Å². The van der Waals surface area contributed by atoms with Crippen molar-refractivity contribution in [2.45, 2.75) is 45.6 Å². The van der Waals surface area contributed by atoms with Crippen molar-refractivity contribution >= 4 is 35.5 Å². The fourth-order valence-electron chi connectivity index (χ4n) is 2.89. The molecule has 1 aromatic rings. The minimum absolute atomic E-state index is 0.296. The van der Waals surface area contributed by atoms with Crippen LogP contribution in [0, 0.1) is 5.92 Å². The molecule has 6 N–H and O–H groups in total. The molecule has 0 radical (unpaired) electrons. The molecule has 2 rings (SSSR count). The van der Waals surface area contributed by atoms with Gasteiger partial charge in [-0.3, -0.25) is 24.1 Å². The molecule has 1 aliphatic heterocycles. The van der Waals surface area contributed by atoms with Crippen LogP contribution in [0.25, 0.3) is 0 Å². The largest absolute Gasteiger partial charge is 0.494 e. The molecule has 1 atom stereocenters. The van der Waals surface area contributed by atoms with Gasteiger partial charge >= 0.3 is 23.9 Å². The average Bonchev–Trinajstić information content (AvgIpc) is 3.21. The number of likely N-dealkylation sites (tertiary alicyclic amines) is 1. The standard InChI is InChI=1S/C14H21ClN2O.2C4H6O4/c1-2-18-14-4-3-13(15)7-12(14)10-17-6-5-11(8-16)9-17;2*5-3(6)1-2-4(7)8/h3-4,7,11H,2,5-6,8-10,16H2,1H3;2*1-2H2,(H,5,6)(H,7,8)/t11-;;/m1../s1. The molecule has 1 aromatic carbocycles. The zero-order chi connectivity index (χ0) is 26.1. The molecule has 0 aromatic heterocycles. The van der Waals surface area contributed by atoms with Crippen molar-refractivity contribution in [2.75, 3.05) is 26.2 Å². The average molecular weight is 505 g/mol. The van der Waals surface area contributed by atoms with Crippen LogP contribution in [-0.2, 0) is 25.7 Å². The van der Waals surface area contributed by atoms with Gasteiger partial charge in [0.25, 0.3) is 0 Å². The zero-order valence-corrected chi connectivity index (χ0v) is 19.9. The van der Waals surface area contributed by atoms with Crippen molar-refractivity contribution in [3.05, 3.63) is 28.8 Å². The number of carbonyl (C=O) groups is 4. The fourth-order valence-corrected chi connectivity index (χ4v) is 3.08. The maximum absolute atomic E-state index is 9.64. The smallest absolute Gasteiger partial charge is 0.303 e. The summed E-state index contributed by atoms with van der Waals surface area (Å²) in [7, 11) is 0. The number of aliphatic carboxylic acids is 4. The Morgan fingerprint density at radius 1 is 1.00 bits per heavy atom. The van der Waals surface area contributed by atoms with Crippen molar-refractivity contribution in [3.8, 4) is 5.75 Å². The van der Waals surface area contributed by atoms with E-state index in [1.165, 1.54) is 12.0 Å². The number of hydrogen-bond acceptors (Lipinski definition) is 7. The Morgan fingerprint density at radius 3 is 1.88 bits per heavy atom. The van der Waals surface area contributed by atoms with Gasteiger partial charge in [-0.1, -0.05) is 11.6 Å². The Hall–Kier alpha value is -2.89. The molecule has 1 heterocycles. The normalized spacial score (nSPS) is 14.7. The van der Waals surface area contributed by atoms with Crippen LogP contribution in [0.5, 0.6) is 5.75 Å². The minimum Gasteiger partial charge on any atom is -0.494 e. The molecule has 0 unspecified atom stereocenters. The first-order valence-electron chi connectivity index (χ1n) is 10.7. The molecule has 11 nitrogen and oxygen atoms in total. The SMILES string of the molecule is CCOc1ccc(Cl)cc1CN1CC[C@H](CN)C1.O=C(O)CCC(=O)O.O=C(O)CCC(=O)O. The Kier molecular flexibility index (Phi) is 16.1. The summed E-state index contributed by atoms with van der Waals surface area (Å²) in [6.45, 7) is 6.55. The highest BCUT2D eigenvalue weighted by Crippen LogP contribution is 2.26. The lowest BCUT2D eigenvalue weighted by molar-refractivity contribution is -0.143. The Bertz CT molecular complexity index is 749. The highest BCUT2D eigenvalue weighted by Gasteiger charge is 2.22. The lowest BCUT2D eigenvalue weighted by atomic mass is 10.1. The van der Waals surface area contributed by atoms with Gasteiger partial charge < -0.3 is 30.9 Å². The molecule has 1 fully saturated rings. The van der Waals surface area contributed by atoms with Crippen molar-refractivity contribution in [1.29, 1.82) is 0 Å². The molecular formula is C22H33ClN2O9. The number of halogens is 1. The summed E-state index contributed by atoms with van der Waals surface area (Å²) in [6, 6.07) is 5.84. The molecule has 1 saturated heterocycles. The number of rotatable bonds is 11. The van der Waals surface area contributed by atoms with Crippen LogP contribution < -0.4 is 10.5 Å². The van der Waals surface area contributed by atoms with E-state index >= 15 is 0 Å². The summed E-state index contributed by atoms with van der Waals surface area (Å²) >= 11 is 6.06. The van der Waals surface area contributed by atoms with E-state index in [9.17, 15) is 19.2 Å². The summed E-state index contributed by atoms with van der Waals surface area (Å²) in [5.74, 6) is -2.72. The number of nitrogens with two attached hydrogens (primary N) is 1. The summed E-state index contributed by atoms with van der Waals surface area (Å²) in [5.41, 5.74) is 6.89. The van der Waals surface area contributed by atoms with Crippen molar-refractivity contribution in [2.24, 2.45) is 11.7 Å². The van der Waals surface area contributed by atoms with Crippen molar-refractivity contribution in [3.63, 3.8) is 0 Å². The van der Waals surface area contributed by atoms with Gasteiger partial charge in [0.2, 0.25) is 0 Å². The third-order valence-electron chi connectivity index (χ3n) is 4.53. The van der Waals surface area contributed by atoms with Gasteiger partial charge in [0.1, 0.15) is 5.75 Å². The highest BCUT2D eigenvalue weighted by molar-refractivity contribution is 6.30.